The third-order valence-corrected chi connectivity index (χ3v) is 5.22. The third-order valence-electron chi connectivity index (χ3n) is 5.22. The lowest BCUT2D eigenvalue weighted by Gasteiger charge is -2.35. The van der Waals surface area contributed by atoms with Crippen molar-refractivity contribution < 1.29 is 23.3 Å². The number of halogens is 1. The summed E-state index contributed by atoms with van der Waals surface area (Å²) >= 11 is 0. The molecule has 2 heterocycles. The molecule has 0 bridgehead atoms. The van der Waals surface area contributed by atoms with Crippen LogP contribution in [0.15, 0.2) is 24.1 Å². The summed E-state index contributed by atoms with van der Waals surface area (Å²) in [6.45, 7) is 5.04. The Bertz CT molecular complexity index is 449. The van der Waals surface area contributed by atoms with Crippen LogP contribution < -0.4 is 0 Å². The van der Waals surface area contributed by atoms with Crippen LogP contribution in [-0.2, 0) is 18.9 Å². The summed E-state index contributed by atoms with van der Waals surface area (Å²) in [5.41, 5.74) is 0. The Morgan fingerprint density at radius 2 is 1.84 bits per heavy atom. The average Bonchev–Trinajstić information content (AvgIpc) is 2.67. The van der Waals surface area contributed by atoms with Gasteiger partial charge in [0.2, 0.25) is 0 Å². The maximum atomic E-state index is 13.1. The monoisotopic (exact) mass is 354 g/mol. The molecule has 0 amide bonds. The highest BCUT2D eigenvalue weighted by Crippen LogP contribution is 2.31. The van der Waals surface area contributed by atoms with Gasteiger partial charge in [0.1, 0.15) is 0 Å². The standard InChI is InChI=1S/C20H31FO4/c1-2-3-4-15-11-22-19(23-12-15)10-5-16-13-24-20(25-14-16)17-6-8-18(21)9-7-17/h3-4,8,15-17,19-20H,2,5-7,9-14H2,1H3. The smallest absolute Gasteiger partial charge is 0.160 e. The van der Waals surface area contributed by atoms with E-state index >= 15 is 0 Å². The van der Waals surface area contributed by atoms with Gasteiger partial charge in [0.15, 0.2) is 12.6 Å². The topological polar surface area (TPSA) is 36.9 Å². The lowest BCUT2D eigenvalue weighted by molar-refractivity contribution is -0.232. The van der Waals surface area contributed by atoms with Crippen LogP contribution in [0.5, 0.6) is 0 Å². The van der Waals surface area contributed by atoms with E-state index in [4.69, 9.17) is 18.9 Å². The molecular weight excluding hydrogens is 323 g/mol. The number of rotatable bonds is 6. The van der Waals surface area contributed by atoms with Gasteiger partial charge in [-0.3, -0.25) is 0 Å². The molecule has 1 unspecified atom stereocenters. The largest absolute Gasteiger partial charge is 0.352 e. The van der Waals surface area contributed by atoms with E-state index in [1.807, 2.05) is 0 Å². The van der Waals surface area contributed by atoms with E-state index in [-0.39, 0.29) is 18.4 Å². The first-order valence-electron chi connectivity index (χ1n) is 9.72. The number of hydrogen-bond acceptors (Lipinski definition) is 4. The zero-order valence-corrected chi connectivity index (χ0v) is 15.2. The van der Waals surface area contributed by atoms with Gasteiger partial charge < -0.3 is 18.9 Å². The summed E-state index contributed by atoms with van der Waals surface area (Å²) in [4.78, 5) is 0. The van der Waals surface area contributed by atoms with Gasteiger partial charge in [0.25, 0.3) is 0 Å². The average molecular weight is 354 g/mol. The summed E-state index contributed by atoms with van der Waals surface area (Å²) < 4.78 is 36.5. The molecule has 0 aromatic heterocycles. The van der Waals surface area contributed by atoms with Crippen LogP contribution in [0.25, 0.3) is 0 Å². The summed E-state index contributed by atoms with van der Waals surface area (Å²) in [7, 11) is 0. The second-order valence-electron chi connectivity index (χ2n) is 7.36. The quantitative estimate of drug-likeness (QED) is 0.664. The highest BCUT2D eigenvalue weighted by atomic mass is 19.1. The van der Waals surface area contributed by atoms with Gasteiger partial charge in [-0.2, -0.15) is 0 Å². The van der Waals surface area contributed by atoms with Crippen LogP contribution in [0, 0.1) is 17.8 Å². The maximum Gasteiger partial charge on any atom is 0.160 e. The van der Waals surface area contributed by atoms with E-state index in [1.165, 1.54) is 0 Å². The fourth-order valence-electron chi connectivity index (χ4n) is 3.60. The second kappa shape index (κ2) is 9.81. The Hall–Kier alpha value is -0.750. The van der Waals surface area contributed by atoms with Gasteiger partial charge in [-0.25, -0.2) is 4.39 Å². The van der Waals surface area contributed by atoms with Crippen LogP contribution in [0.1, 0.15) is 45.4 Å². The van der Waals surface area contributed by atoms with Crippen molar-refractivity contribution in [3.8, 4) is 0 Å². The highest BCUT2D eigenvalue weighted by Gasteiger charge is 2.31. The first kappa shape index (κ1) is 19.0. The highest BCUT2D eigenvalue weighted by molar-refractivity contribution is 4.98. The maximum absolute atomic E-state index is 13.1. The molecule has 2 fully saturated rings. The van der Waals surface area contributed by atoms with Crippen molar-refractivity contribution in [2.45, 2.75) is 58.0 Å². The second-order valence-corrected chi connectivity index (χ2v) is 7.36. The molecule has 3 aliphatic rings. The summed E-state index contributed by atoms with van der Waals surface area (Å²) in [5, 5.41) is 0. The molecular formula is C20H31FO4. The zero-order chi connectivity index (χ0) is 17.5. The van der Waals surface area contributed by atoms with Crippen molar-refractivity contribution in [1.29, 1.82) is 0 Å². The van der Waals surface area contributed by atoms with Crippen LogP contribution in [0.4, 0.5) is 4.39 Å². The van der Waals surface area contributed by atoms with Crippen molar-refractivity contribution >= 4 is 0 Å². The van der Waals surface area contributed by atoms with E-state index in [0.29, 0.717) is 37.4 Å². The minimum atomic E-state index is -0.172. The van der Waals surface area contributed by atoms with Gasteiger partial charge >= 0.3 is 0 Å². The van der Waals surface area contributed by atoms with Crippen molar-refractivity contribution in [1.82, 2.24) is 0 Å². The predicted molar refractivity (Wildman–Crippen MR) is 93.6 cm³/mol. The Morgan fingerprint density at radius 1 is 1.08 bits per heavy atom. The molecule has 2 saturated heterocycles. The molecule has 25 heavy (non-hydrogen) atoms. The first-order chi connectivity index (χ1) is 12.2. The van der Waals surface area contributed by atoms with Crippen molar-refractivity contribution in [2.24, 2.45) is 17.8 Å². The molecule has 0 radical (unpaired) electrons. The molecule has 1 atom stereocenters. The van der Waals surface area contributed by atoms with E-state index in [2.05, 4.69) is 19.1 Å². The zero-order valence-electron chi connectivity index (χ0n) is 15.2. The Kier molecular flexibility index (Phi) is 7.47. The van der Waals surface area contributed by atoms with Gasteiger partial charge in [-0.1, -0.05) is 25.2 Å². The van der Waals surface area contributed by atoms with Gasteiger partial charge in [0.05, 0.1) is 32.3 Å². The molecule has 0 N–H and O–H groups in total. The van der Waals surface area contributed by atoms with Crippen LogP contribution in [0.3, 0.4) is 0 Å². The van der Waals surface area contributed by atoms with E-state index in [0.717, 1.165) is 45.3 Å². The molecule has 0 spiro atoms. The van der Waals surface area contributed by atoms with Crippen LogP contribution >= 0.6 is 0 Å². The van der Waals surface area contributed by atoms with Gasteiger partial charge in [-0.05, 0) is 38.5 Å². The van der Waals surface area contributed by atoms with E-state index in [9.17, 15) is 4.39 Å². The van der Waals surface area contributed by atoms with Crippen LogP contribution in [0.2, 0.25) is 0 Å². The van der Waals surface area contributed by atoms with Crippen LogP contribution in [-0.4, -0.2) is 39.0 Å². The molecule has 3 rings (SSSR count). The summed E-state index contributed by atoms with van der Waals surface area (Å²) in [6, 6.07) is 0. The van der Waals surface area contributed by atoms with Gasteiger partial charge in [-0.15, -0.1) is 0 Å². The Labute approximate surface area is 150 Å². The Balaban J connectivity index is 1.30. The Morgan fingerprint density at radius 3 is 2.48 bits per heavy atom. The molecule has 0 saturated carbocycles. The van der Waals surface area contributed by atoms with Crippen molar-refractivity contribution in [2.75, 3.05) is 26.4 Å². The normalized spacial score (nSPS) is 37.2. The minimum absolute atomic E-state index is 0.00448. The van der Waals surface area contributed by atoms with Crippen molar-refractivity contribution in [3.63, 3.8) is 0 Å². The molecule has 0 aromatic rings. The third kappa shape index (κ3) is 5.88. The van der Waals surface area contributed by atoms with Crippen molar-refractivity contribution in [3.05, 3.63) is 24.1 Å². The summed E-state index contributed by atoms with van der Waals surface area (Å²) in [6.07, 6.45) is 10.7. The fraction of sp³-hybridized carbons (Fsp3) is 0.800. The molecule has 0 aromatic carbocycles. The molecule has 1 aliphatic carbocycles. The minimum Gasteiger partial charge on any atom is -0.352 e. The first-order valence-corrected chi connectivity index (χ1v) is 9.72. The molecule has 5 heteroatoms. The SMILES string of the molecule is CCC=CC1COC(CCC2COC(C3CC=C(F)CC3)OC2)OC1. The van der Waals surface area contributed by atoms with Gasteiger partial charge in [0, 0.05) is 17.8 Å². The number of hydrogen-bond donors (Lipinski definition) is 0. The van der Waals surface area contributed by atoms with E-state index in [1.54, 1.807) is 6.08 Å². The lowest BCUT2D eigenvalue weighted by Crippen LogP contribution is -2.38. The van der Waals surface area contributed by atoms with E-state index < -0.39 is 0 Å². The molecule has 2 aliphatic heterocycles. The lowest BCUT2D eigenvalue weighted by atomic mass is 9.92. The predicted octanol–water partition coefficient (Wildman–Crippen LogP) is 4.36. The number of ether oxygens (including phenoxy) is 4. The molecule has 142 valence electrons. The molecule has 4 nitrogen and oxygen atoms in total. The fourth-order valence-corrected chi connectivity index (χ4v) is 3.60. The number of allylic oxidation sites excluding steroid dienone is 3. The summed E-state index contributed by atoms with van der Waals surface area (Å²) in [5.74, 6) is 1.06.